The number of piperazine rings is 1. The summed E-state index contributed by atoms with van der Waals surface area (Å²) in [4.78, 5) is 20.2. The van der Waals surface area contributed by atoms with Gasteiger partial charge in [0.1, 0.15) is 5.82 Å². The van der Waals surface area contributed by atoms with E-state index in [4.69, 9.17) is 0 Å². The molecule has 1 N–H and O–H groups in total. The van der Waals surface area contributed by atoms with E-state index in [2.05, 4.69) is 25.4 Å². The number of hydrogen-bond acceptors (Lipinski definition) is 6. The van der Waals surface area contributed by atoms with Crippen LogP contribution in [0.15, 0.2) is 30.3 Å². The number of hydrogen-bond donors (Lipinski definition) is 1. The Morgan fingerprint density at radius 2 is 1.88 bits per heavy atom. The molecule has 1 aliphatic rings. The summed E-state index contributed by atoms with van der Waals surface area (Å²) < 4.78 is 0. The maximum Gasteiger partial charge on any atom is 0.222 e. The van der Waals surface area contributed by atoms with Crippen molar-refractivity contribution in [3.8, 4) is 0 Å². The number of anilines is 3. The Kier molecular flexibility index (Phi) is 4.88. The van der Waals surface area contributed by atoms with Gasteiger partial charge in [-0.05, 0) is 31.2 Å². The minimum absolute atomic E-state index is 0.214. The topological polar surface area (TPSA) is 74.2 Å². The van der Waals surface area contributed by atoms with E-state index in [1.807, 2.05) is 49.1 Å². The standard InChI is InChI=1S/C17H22N6O/c1-3-17(24)23-11-9-22(10-12-23)16-8-7-15(20-21-16)19-14-6-4-5-13(2)18-14/h4-8H,3,9-12H2,1-2H3,(H,18,19,20). The Bertz CT molecular complexity index is 694. The van der Waals surface area contributed by atoms with Crippen LogP contribution in [0.4, 0.5) is 17.5 Å². The van der Waals surface area contributed by atoms with Crippen LogP contribution in [0.1, 0.15) is 19.0 Å². The largest absolute Gasteiger partial charge is 0.352 e. The minimum atomic E-state index is 0.214. The fourth-order valence-electron chi connectivity index (χ4n) is 2.71. The predicted molar refractivity (Wildman–Crippen MR) is 93.4 cm³/mol. The number of carbonyl (C=O) groups is 1. The molecule has 1 fully saturated rings. The number of rotatable bonds is 4. The normalized spacial score (nSPS) is 14.6. The fourth-order valence-corrected chi connectivity index (χ4v) is 2.71. The first-order chi connectivity index (χ1) is 11.7. The Morgan fingerprint density at radius 3 is 2.50 bits per heavy atom. The Hall–Kier alpha value is -2.70. The van der Waals surface area contributed by atoms with Gasteiger partial charge < -0.3 is 15.1 Å². The fraction of sp³-hybridized carbons (Fsp3) is 0.412. The van der Waals surface area contributed by atoms with Gasteiger partial charge in [0.05, 0.1) is 0 Å². The molecule has 0 aliphatic carbocycles. The lowest BCUT2D eigenvalue weighted by molar-refractivity contribution is -0.131. The van der Waals surface area contributed by atoms with E-state index in [9.17, 15) is 4.79 Å². The van der Waals surface area contributed by atoms with Crippen molar-refractivity contribution in [2.45, 2.75) is 20.3 Å². The molecule has 0 unspecified atom stereocenters. The number of aryl methyl sites for hydroxylation is 1. The number of pyridine rings is 1. The molecule has 7 nitrogen and oxygen atoms in total. The van der Waals surface area contributed by atoms with Crippen molar-refractivity contribution in [2.24, 2.45) is 0 Å². The SMILES string of the molecule is CCC(=O)N1CCN(c2ccc(Nc3cccc(C)n3)nn2)CC1. The van der Waals surface area contributed by atoms with Gasteiger partial charge >= 0.3 is 0 Å². The summed E-state index contributed by atoms with van der Waals surface area (Å²) in [6.07, 6.45) is 0.563. The Labute approximate surface area is 141 Å². The smallest absolute Gasteiger partial charge is 0.222 e. The molecule has 1 aliphatic heterocycles. The van der Waals surface area contributed by atoms with E-state index in [-0.39, 0.29) is 5.91 Å². The summed E-state index contributed by atoms with van der Waals surface area (Å²) in [5.74, 6) is 2.47. The van der Waals surface area contributed by atoms with Gasteiger partial charge in [-0.25, -0.2) is 4.98 Å². The van der Waals surface area contributed by atoms with Crippen molar-refractivity contribution in [3.05, 3.63) is 36.0 Å². The zero-order valence-electron chi connectivity index (χ0n) is 14.1. The van der Waals surface area contributed by atoms with Crippen molar-refractivity contribution in [3.63, 3.8) is 0 Å². The number of amides is 1. The minimum Gasteiger partial charge on any atom is -0.352 e. The maximum absolute atomic E-state index is 11.7. The third-order valence-corrected chi connectivity index (χ3v) is 4.05. The molecule has 0 aromatic carbocycles. The molecule has 1 saturated heterocycles. The number of aromatic nitrogens is 3. The van der Waals surface area contributed by atoms with Crippen LogP contribution in [0.25, 0.3) is 0 Å². The molecular formula is C17H22N6O. The number of carbonyl (C=O) groups excluding carboxylic acids is 1. The summed E-state index contributed by atoms with van der Waals surface area (Å²) in [5.41, 5.74) is 0.948. The molecule has 24 heavy (non-hydrogen) atoms. The van der Waals surface area contributed by atoms with Crippen LogP contribution in [0.3, 0.4) is 0 Å². The highest BCUT2D eigenvalue weighted by Gasteiger charge is 2.20. The molecule has 0 spiro atoms. The second kappa shape index (κ2) is 7.25. The van der Waals surface area contributed by atoms with Crippen LogP contribution in [0.2, 0.25) is 0 Å². The van der Waals surface area contributed by atoms with Gasteiger partial charge in [-0.1, -0.05) is 13.0 Å². The van der Waals surface area contributed by atoms with E-state index in [0.29, 0.717) is 12.2 Å². The monoisotopic (exact) mass is 326 g/mol. The Morgan fingerprint density at radius 1 is 1.08 bits per heavy atom. The lowest BCUT2D eigenvalue weighted by Crippen LogP contribution is -2.48. The molecule has 3 rings (SSSR count). The first kappa shape index (κ1) is 16.2. The van der Waals surface area contributed by atoms with Gasteiger partial charge in [-0.15, -0.1) is 10.2 Å². The maximum atomic E-state index is 11.7. The summed E-state index contributed by atoms with van der Waals surface area (Å²) in [7, 11) is 0. The number of nitrogens with one attached hydrogen (secondary N) is 1. The van der Waals surface area contributed by atoms with Crippen LogP contribution in [0, 0.1) is 6.92 Å². The van der Waals surface area contributed by atoms with Gasteiger partial charge in [0.25, 0.3) is 0 Å². The zero-order valence-corrected chi connectivity index (χ0v) is 14.1. The average molecular weight is 326 g/mol. The van der Waals surface area contributed by atoms with Crippen LogP contribution in [-0.4, -0.2) is 52.2 Å². The second-order valence-corrected chi connectivity index (χ2v) is 5.79. The van der Waals surface area contributed by atoms with Crippen molar-refractivity contribution >= 4 is 23.4 Å². The van der Waals surface area contributed by atoms with E-state index < -0.39 is 0 Å². The third-order valence-electron chi connectivity index (χ3n) is 4.05. The van der Waals surface area contributed by atoms with Crippen LogP contribution in [-0.2, 0) is 4.79 Å². The lowest BCUT2D eigenvalue weighted by atomic mass is 10.3. The molecule has 0 bridgehead atoms. The average Bonchev–Trinajstić information content (AvgIpc) is 2.62. The molecule has 0 saturated carbocycles. The number of nitrogens with zero attached hydrogens (tertiary/aromatic N) is 5. The molecule has 3 heterocycles. The third kappa shape index (κ3) is 3.79. The molecule has 2 aromatic rings. The quantitative estimate of drug-likeness (QED) is 0.926. The van der Waals surface area contributed by atoms with Gasteiger partial charge in [0, 0.05) is 38.3 Å². The van der Waals surface area contributed by atoms with E-state index in [1.165, 1.54) is 0 Å². The molecule has 126 valence electrons. The molecule has 7 heteroatoms. The summed E-state index contributed by atoms with van der Waals surface area (Å²) in [6, 6.07) is 9.64. The van der Waals surface area contributed by atoms with Crippen molar-refractivity contribution in [2.75, 3.05) is 36.4 Å². The molecule has 0 radical (unpaired) electrons. The van der Waals surface area contributed by atoms with Gasteiger partial charge in [-0.2, -0.15) is 0 Å². The molecular weight excluding hydrogens is 304 g/mol. The highest BCUT2D eigenvalue weighted by Crippen LogP contribution is 2.17. The van der Waals surface area contributed by atoms with E-state index in [0.717, 1.165) is 43.5 Å². The van der Waals surface area contributed by atoms with Gasteiger partial charge in [0.2, 0.25) is 5.91 Å². The highest BCUT2D eigenvalue weighted by atomic mass is 16.2. The summed E-state index contributed by atoms with van der Waals surface area (Å²) >= 11 is 0. The first-order valence-corrected chi connectivity index (χ1v) is 8.23. The van der Waals surface area contributed by atoms with E-state index >= 15 is 0 Å². The van der Waals surface area contributed by atoms with Crippen LogP contribution < -0.4 is 10.2 Å². The summed E-state index contributed by atoms with van der Waals surface area (Å²) in [6.45, 7) is 6.89. The Balaban J connectivity index is 1.60. The van der Waals surface area contributed by atoms with Crippen LogP contribution in [0.5, 0.6) is 0 Å². The van der Waals surface area contributed by atoms with Crippen molar-refractivity contribution < 1.29 is 4.79 Å². The van der Waals surface area contributed by atoms with Crippen LogP contribution >= 0.6 is 0 Å². The van der Waals surface area contributed by atoms with Gasteiger partial charge in [0.15, 0.2) is 11.6 Å². The summed E-state index contributed by atoms with van der Waals surface area (Å²) in [5, 5.41) is 11.7. The first-order valence-electron chi connectivity index (χ1n) is 8.23. The predicted octanol–water partition coefficient (Wildman–Crippen LogP) is 1.98. The molecule has 1 amide bonds. The van der Waals surface area contributed by atoms with Crippen molar-refractivity contribution in [1.82, 2.24) is 20.1 Å². The van der Waals surface area contributed by atoms with Crippen molar-refractivity contribution in [1.29, 1.82) is 0 Å². The lowest BCUT2D eigenvalue weighted by Gasteiger charge is -2.35. The van der Waals surface area contributed by atoms with E-state index in [1.54, 1.807) is 0 Å². The highest BCUT2D eigenvalue weighted by molar-refractivity contribution is 5.76. The molecule has 0 atom stereocenters. The molecule has 2 aromatic heterocycles. The van der Waals surface area contributed by atoms with Gasteiger partial charge in [-0.3, -0.25) is 4.79 Å². The second-order valence-electron chi connectivity index (χ2n) is 5.79. The zero-order chi connectivity index (χ0) is 16.9.